The fraction of sp³-hybridized carbons (Fsp3) is 0.308. The van der Waals surface area contributed by atoms with Gasteiger partial charge in [-0.15, -0.1) is 0 Å². The Labute approximate surface area is 111 Å². The van der Waals surface area contributed by atoms with Crippen LogP contribution in [0.15, 0.2) is 40.5 Å². The first-order valence-corrected chi connectivity index (χ1v) is 6.72. The van der Waals surface area contributed by atoms with Crippen LogP contribution < -0.4 is 0 Å². The molecule has 0 aliphatic carbocycles. The Balaban J connectivity index is 2.32. The predicted octanol–water partition coefficient (Wildman–Crippen LogP) is 4.35. The van der Waals surface area contributed by atoms with Crippen molar-refractivity contribution in [1.82, 2.24) is 9.55 Å². The van der Waals surface area contributed by atoms with E-state index in [-0.39, 0.29) is 0 Å². The molecule has 0 atom stereocenters. The molecule has 1 heterocycles. The van der Waals surface area contributed by atoms with Crippen LogP contribution in [0.1, 0.15) is 25.5 Å². The first kappa shape index (κ1) is 12.5. The zero-order chi connectivity index (χ0) is 12.4. The lowest BCUT2D eigenvalue weighted by atomic mass is 10.2. The highest BCUT2D eigenvalue weighted by molar-refractivity contribution is 7.99. The molecule has 0 saturated carbocycles. The van der Waals surface area contributed by atoms with Crippen LogP contribution in [0.2, 0.25) is 5.02 Å². The Hall–Kier alpha value is -0.930. The van der Waals surface area contributed by atoms with Crippen molar-refractivity contribution in [2.45, 2.75) is 29.7 Å². The number of aromatic nitrogens is 2. The first-order valence-electron chi connectivity index (χ1n) is 5.52. The molecule has 0 aliphatic rings. The molecule has 2 nitrogen and oxygen atoms in total. The lowest BCUT2D eigenvalue weighted by Crippen LogP contribution is -1.93. The van der Waals surface area contributed by atoms with Gasteiger partial charge in [-0.3, -0.25) is 0 Å². The first-order chi connectivity index (χ1) is 8.08. The number of aryl methyl sites for hydroxylation is 1. The predicted molar refractivity (Wildman–Crippen MR) is 72.9 cm³/mol. The molecular weight excluding hydrogens is 252 g/mol. The highest BCUT2D eigenvalue weighted by Gasteiger charge is 2.13. The molecule has 2 rings (SSSR count). The second kappa shape index (κ2) is 5.15. The molecule has 1 aromatic heterocycles. The molecule has 0 bridgehead atoms. The molecular formula is C13H15ClN2S. The summed E-state index contributed by atoms with van der Waals surface area (Å²) in [5.41, 5.74) is 1.14. The lowest BCUT2D eigenvalue weighted by Gasteiger charge is -2.08. The van der Waals surface area contributed by atoms with Gasteiger partial charge >= 0.3 is 0 Å². The Morgan fingerprint density at radius 3 is 2.76 bits per heavy atom. The summed E-state index contributed by atoms with van der Waals surface area (Å²) in [7, 11) is 2.02. The lowest BCUT2D eigenvalue weighted by molar-refractivity contribution is 0.764. The van der Waals surface area contributed by atoms with E-state index in [0.717, 1.165) is 15.6 Å². The Morgan fingerprint density at radius 2 is 2.12 bits per heavy atom. The standard InChI is InChI=1S/C13H15ClN2S/c1-9(2)12-13(16(3)8-15-12)17-11-6-4-5-10(14)7-11/h4-9H,1-3H3. The van der Waals surface area contributed by atoms with E-state index in [0.29, 0.717) is 5.92 Å². The quantitative estimate of drug-likeness (QED) is 0.822. The summed E-state index contributed by atoms with van der Waals surface area (Å²) in [6.07, 6.45) is 1.86. The minimum atomic E-state index is 0.429. The fourth-order valence-electron chi connectivity index (χ4n) is 1.60. The smallest absolute Gasteiger partial charge is 0.103 e. The molecule has 0 radical (unpaired) electrons. The van der Waals surface area contributed by atoms with E-state index in [4.69, 9.17) is 11.6 Å². The summed E-state index contributed by atoms with van der Waals surface area (Å²) in [6, 6.07) is 7.89. The molecule has 17 heavy (non-hydrogen) atoms. The Kier molecular flexibility index (Phi) is 3.79. The molecule has 0 amide bonds. The summed E-state index contributed by atoms with van der Waals surface area (Å²) in [4.78, 5) is 5.58. The average molecular weight is 267 g/mol. The molecule has 0 aliphatic heterocycles. The van der Waals surface area contributed by atoms with Crippen molar-refractivity contribution in [3.63, 3.8) is 0 Å². The third kappa shape index (κ3) is 2.85. The topological polar surface area (TPSA) is 17.8 Å². The second-order valence-corrected chi connectivity index (χ2v) is 5.76. The van der Waals surface area contributed by atoms with Gasteiger partial charge in [-0.2, -0.15) is 0 Å². The Morgan fingerprint density at radius 1 is 1.35 bits per heavy atom. The second-order valence-electron chi connectivity index (χ2n) is 4.26. The number of imidazole rings is 1. The van der Waals surface area contributed by atoms with Gasteiger partial charge in [0, 0.05) is 17.0 Å². The van der Waals surface area contributed by atoms with Crippen LogP contribution in [0.3, 0.4) is 0 Å². The highest BCUT2D eigenvalue weighted by atomic mass is 35.5. The van der Waals surface area contributed by atoms with Crippen molar-refractivity contribution in [2.75, 3.05) is 0 Å². The minimum absolute atomic E-state index is 0.429. The van der Waals surface area contributed by atoms with E-state index in [1.807, 2.05) is 31.6 Å². The normalized spacial score (nSPS) is 11.1. The van der Waals surface area contributed by atoms with Gasteiger partial charge in [0.1, 0.15) is 5.03 Å². The van der Waals surface area contributed by atoms with E-state index in [1.54, 1.807) is 11.8 Å². The molecule has 90 valence electrons. The largest absolute Gasteiger partial charge is 0.328 e. The van der Waals surface area contributed by atoms with Crippen LogP contribution in [-0.4, -0.2) is 9.55 Å². The van der Waals surface area contributed by atoms with Gasteiger partial charge < -0.3 is 4.57 Å². The Bertz CT molecular complexity index is 520. The van der Waals surface area contributed by atoms with E-state index in [1.165, 1.54) is 5.03 Å². The van der Waals surface area contributed by atoms with Gasteiger partial charge in [-0.25, -0.2) is 4.98 Å². The van der Waals surface area contributed by atoms with Crippen molar-refractivity contribution in [2.24, 2.45) is 7.05 Å². The van der Waals surface area contributed by atoms with Crippen molar-refractivity contribution >= 4 is 23.4 Å². The number of nitrogens with zero attached hydrogens (tertiary/aromatic N) is 2. The van der Waals surface area contributed by atoms with Crippen LogP contribution in [0, 0.1) is 0 Å². The van der Waals surface area contributed by atoms with Crippen molar-refractivity contribution in [3.05, 3.63) is 41.3 Å². The molecule has 0 N–H and O–H groups in total. The molecule has 0 spiro atoms. The molecule has 0 unspecified atom stereocenters. The molecule has 0 fully saturated rings. The van der Waals surface area contributed by atoms with Crippen molar-refractivity contribution in [3.8, 4) is 0 Å². The number of halogens is 1. The minimum Gasteiger partial charge on any atom is -0.328 e. The number of benzene rings is 1. The molecule has 2 aromatic rings. The van der Waals surface area contributed by atoms with E-state index >= 15 is 0 Å². The maximum absolute atomic E-state index is 5.99. The number of rotatable bonds is 3. The maximum atomic E-state index is 5.99. The van der Waals surface area contributed by atoms with Crippen LogP contribution >= 0.6 is 23.4 Å². The fourth-order valence-corrected chi connectivity index (χ4v) is 2.99. The zero-order valence-corrected chi connectivity index (χ0v) is 11.7. The summed E-state index contributed by atoms with van der Waals surface area (Å²) in [5, 5.41) is 1.95. The summed E-state index contributed by atoms with van der Waals surface area (Å²) in [5.74, 6) is 0.429. The van der Waals surface area contributed by atoms with E-state index in [2.05, 4.69) is 29.5 Å². The van der Waals surface area contributed by atoms with Gasteiger partial charge in [0.05, 0.1) is 12.0 Å². The molecule has 4 heteroatoms. The van der Waals surface area contributed by atoms with Crippen LogP contribution in [-0.2, 0) is 7.05 Å². The summed E-state index contributed by atoms with van der Waals surface area (Å²) in [6.45, 7) is 4.31. The molecule has 0 saturated heterocycles. The summed E-state index contributed by atoms with van der Waals surface area (Å²) < 4.78 is 2.06. The average Bonchev–Trinajstić information content (AvgIpc) is 2.61. The third-order valence-electron chi connectivity index (χ3n) is 2.47. The van der Waals surface area contributed by atoms with Gasteiger partial charge in [0.25, 0.3) is 0 Å². The monoisotopic (exact) mass is 266 g/mol. The SMILES string of the molecule is CC(C)c1ncn(C)c1Sc1cccc(Cl)c1. The number of hydrogen-bond donors (Lipinski definition) is 0. The van der Waals surface area contributed by atoms with Crippen LogP contribution in [0.5, 0.6) is 0 Å². The van der Waals surface area contributed by atoms with Crippen molar-refractivity contribution < 1.29 is 0 Å². The maximum Gasteiger partial charge on any atom is 0.103 e. The van der Waals surface area contributed by atoms with E-state index < -0.39 is 0 Å². The van der Waals surface area contributed by atoms with Gasteiger partial charge in [0.2, 0.25) is 0 Å². The van der Waals surface area contributed by atoms with E-state index in [9.17, 15) is 0 Å². The molecule has 1 aromatic carbocycles. The van der Waals surface area contributed by atoms with Crippen LogP contribution in [0.25, 0.3) is 0 Å². The summed E-state index contributed by atoms with van der Waals surface area (Å²) >= 11 is 7.70. The number of hydrogen-bond acceptors (Lipinski definition) is 2. The highest BCUT2D eigenvalue weighted by Crippen LogP contribution is 2.33. The van der Waals surface area contributed by atoms with Gasteiger partial charge in [-0.1, -0.05) is 43.3 Å². The van der Waals surface area contributed by atoms with Crippen LogP contribution in [0.4, 0.5) is 0 Å². The third-order valence-corrected chi connectivity index (χ3v) is 3.88. The van der Waals surface area contributed by atoms with Gasteiger partial charge in [0.15, 0.2) is 0 Å². The zero-order valence-electron chi connectivity index (χ0n) is 10.1. The van der Waals surface area contributed by atoms with Gasteiger partial charge in [-0.05, 0) is 24.1 Å². The van der Waals surface area contributed by atoms with Crippen molar-refractivity contribution in [1.29, 1.82) is 0 Å².